The molecule has 15 heavy (non-hydrogen) atoms. The van der Waals surface area contributed by atoms with Gasteiger partial charge in [-0.05, 0) is 68.6 Å². The molecular formula is C15H24. The fraction of sp³-hybridized carbons (Fsp3) is 0.867. The zero-order chi connectivity index (χ0) is 10.8. The van der Waals surface area contributed by atoms with Crippen molar-refractivity contribution in [3.63, 3.8) is 0 Å². The molecule has 0 aromatic carbocycles. The first-order valence-electron chi connectivity index (χ1n) is 6.68. The van der Waals surface area contributed by atoms with Crippen LogP contribution < -0.4 is 0 Å². The number of hydrogen-bond donors (Lipinski definition) is 0. The van der Waals surface area contributed by atoms with Crippen LogP contribution >= 0.6 is 0 Å². The summed E-state index contributed by atoms with van der Waals surface area (Å²) in [7, 11) is 0. The highest BCUT2D eigenvalue weighted by molar-refractivity contribution is 5.36. The molecule has 84 valence electrons. The molecule has 1 spiro atoms. The summed E-state index contributed by atoms with van der Waals surface area (Å²) in [5.74, 6) is 1.99. The van der Waals surface area contributed by atoms with Gasteiger partial charge in [-0.3, -0.25) is 0 Å². The van der Waals surface area contributed by atoms with Gasteiger partial charge < -0.3 is 0 Å². The Morgan fingerprint density at radius 2 is 1.87 bits per heavy atom. The Kier molecular flexibility index (Phi) is 1.79. The molecule has 0 bridgehead atoms. The van der Waals surface area contributed by atoms with Crippen LogP contribution in [0.15, 0.2) is 11.1 Å². The number of rotatable bonds is 0. The van der Waals surface area contributed by atoms with Crippen molar-refractivity contribution in [3.8, 4) is 0 Å². The first kappa shape index (κ1) is 9.93. The molecule has 0 aromatic heterocycles. The second-order valence-electron chi connectivity index (χ2n) is 6.78. The van der Waals surface area contributed by atoms with E-state index < -0.39 is 0 Å². The lowest BCUT2D eigenvalue weighted by Gasteiger charge is -2.41. The lowest BCUT2D eigenvalue weighted by Crippen LogP contribution is -2.34. The largest absolute Gasteiger partial charge is 0.0732 e. The van der Waals surface area contributed by atoms with Gasteiger partial charge in [0.15, 0.2) is 0 Å². The van der Waals surface area contributed by atoms with Gasteiger partial charge in [0, 0.05) is 0 Å². The summed E-state index contributed by atoms with van der Waals surface area (Å²) in [4.78, 5) is 0. The third-order valence-corrected chi connectivity index (χ3v) is 6.36. The molecule has 4 atom stereocenters. The van der Waals surface area contributed by atoms with Crippen molar-refractivity contribution in [2.45, 2.75) is 59.8 Å². The fourth-order valence-electron chi connectivity index (χ4n) is 5.57. The Labute approximate surface area is 94.1 Å². The van der Waals surface area contributed by atoms with E-state index in [-0.39, 0.29) is 0 Å². The Bertz CT molecular complexity index is 338. The average molecular weight is 204 g/mol. The summed E-state index contributed by atoms with van der Waals surface area (Å²) in [6.07, 6.45) is 7.34. The molecule has 0 aliphatic heterocycles. The van der Waals surface area contributed by atoms with E-state index in [0.717, 1.165) is 11.8 Å². The van der Waals surface area contributed by atoms with Crippen LogP contribution in [0.2, 0.25) is 0 Å². The molecule has 3 aliphatic rings. The summed E-state index contributed by atoms with van der Waals surface area (Å²) in [6.45, 7) is 9.89. The maximum absolute atomic E-state index is 2.57. The molecule has 0 saturated heterocycles. The highest BCUT2D eigenvalue weighted by atomic mass is 14.7. The second kappa shape index (κ2) is 2.70. The lowest BCUT2D eigenvalue weighted by molar-refractivity contribution is 0.125. The minimum absolute atomic E-state index is 0.635. The summed E-state index contributed by atoms with van der Waals surface area (Å²) >= 11 is 0. The topological polar surface area (TPSA) is 0 Å². The highest BCUT2D eigenvalue weighted by Gasteiger charge is 2.64. The minimum atomic E-state index is 0.635. The van der Waals surface area contributed by atoms with Crippen molar-refractivity contribution in [3.05, 3.63) is 11.1 Å². The summed E-state index contributed by atoms with van der Waals surface area (Å²) in [5, 5.41) is 0. The third-order valence-electron chi connectivity index (χ3n) is 6.36. The zero-order valence-electron chi connectivity index (χ0n) is 10.7. The maximum Gasteiger partial charge on any atom is -0.0000629 e. The van der Waals surface area contributed by atoms with Gasteiger partial charge in [-0.15, -0.1) is 0 Å². The van der Waals surface area contributed by atoms with E-state index in [1.807, 2.05) is 0 Å². The molecule has 0 unspecified atom stereocenters. The van der Waals surface area contributed by atoms with Gasteiger partial charge in [-0.2, -0.15) is 0 Å². The van der Waals surface area contributed by atoms with E-state index in [4.69, 9.17) is 0 Å². The Hall–Kier alpha value is -0.260. The van der Waals surface area contributed by atoms with Crippen LogP contribution in [0.25, 0.3) is 0 Å². The highest BCUT2D eigenvalue weighted by Crippen LogP contribution is 2.73. The molecule has 3 rings (SSSR count). The van der Waals surface area contributed by atoms with E-state index in [0.29, 0.717) is 10.8 Å². The van der Waals surface area contributed by atoms with Gasteiger partial charge in [0.05, 0.1) is 0 Å². The monoisotopic (exact) mass is 204 g/mol. The first-order valence-corrected chi connectivity index (χ1v) is 6.68. The van der Waals surface area contributed by atoms with Crippen LogP contribution in [0.1, 0.15) is 59.8 Å². The fourth-order valence-corrected chi connectivity index (χ4v) is 5.57. The van der Waals surface area contributed by atoms with E-state index in [1.54, 1.807) is 11.1 Å². The van der Waals surface area contributed by atoms with Gasteiger partial charge in [-0.25, -0.2) is 0 Å². The normalized spacial score (nSPS) is 53.6. The van der Waals surface area contributed by atoms with Gasteiger partial charge >= 0.3 is 0 Å². The van der Waals surface area contributed by atoms with Crippen LogP contribution in [-0.2, 0) is 0 Å². The van der Waals surface area contributed by atoms with Crippen molar-refractivity contribution in [2.75, 3.05) is 0 Å². The summed E-state index contributed by atoms with van der Waals surface area (Å²) in [5.41, 5.74) is 4.78. The maximum atomic E-state index is 2.57. The molecule has 2 saturated carbocycles. The quantitative estimate of drug-likeness (QED) is 0.507. The van der Waals surface area contributed by atoms with Crippen LogP contribution in [0, 0.1) is 22.7 Å². The lowest BCUT2D eigenvalue weighted by atomic mass is 9.63. The van der Waals surface area contributed by atoms with Crippen molar-refractivity contribution < 1.29 is 0 Å². The predicted octanol–water partition coefficient (Wildman–Crippen LogP) is 4.56. The molecule has 3 aliphatic carbocycles. The molecule has 0 heteroatoms. The Balaban J connectivity index is 2.14. The molecule has 0 amide bonds. The summed E-state index contributed by atoms with van der Waals surface area (Å²) < 4.78 is 0. The number of hydrogen-bond acceptors (Lipinski definition) is 0. The van der Waals surface area contributed by atoms with Crippen molar-refractivity contribution in [1.29, 1.82) is 0 Å². The van der Waals surface area contributed by atoms with E-state index in [2.05, 4.69) is 27.7 Å². The molecular weight excluding hydrogens is 180 g/mol. The smallest absolute Gasteiger partial charge is 0.0000629 e. The molecule has 0 radical (unpaired) electrons. The average Bonchev–Trinajstić information content (AvgIpc) is 2.70. The van der Waals surface area contributed by atoms with Crippen LogP contribution in [0.4, 0.5) is 0 Å². The van der Waals surface area contributed by atoms with Gasteiger partial charge in [0.2, 0.25) is 0 Å². The molecule has 0 heterocycles. The van der Waals surface area contributed by atoms with Gasteiger partial charge in [-0.1, -0.05) is 25.0 Å². The van der Waals surface area contributed by atoms with Gasteiger partial charge in [0.1, 0.15) is 0 Å². The van der Waals surface area contributed by atoms with Crippen LogP contribution in [-0.4, -0.2) is 0 Å². The summed E-state index contributed by atoms with van der Waals surface area (Å²) in [6, 6.07) is 0. The van der Waals surface area contributed by atoms with E-state index in [9.17, 15) is 0 Å². The first-order chi connectivity index (χ1) is 7.01. The van der Waals surface area contributed by atoms with Crippen molar-refractivity contribution in [2.24, 2.45) is 22.7 Å². The van der Waals surface area contributed by atoms with Crippen molar-refractivity contribution in [1.82, 2.24) is 0 Å². The SMILES string of the molecule is CC1=C(C)[C@@]23CC[C@@H](C)[C@@H]2CC[C@@]3(C)C1. The third kappa shape index (κ3) is 0.905. The standard InChI is InChI=1S/C15H24/c1-10-5-8-15-12(3)11(2)9-14(15,4)7-6-13(10)15/h10,13H,5-9H2,1-4H3/t10-,13+,14+,15+/m1/s1. The van der Waals surface area contributed by atoms with Crippen LogP contribution in [0.3, 0.4) is 0 Å². The Morgan fingerprint density at radius 1 is 1.13 bits per heavy atom. The molecule has 0 nitrogen and oxygen atoms in total. The Morgan fingerprint density at radius 3 is 2.60 bits per heavy atom. The predicted molar refractivity (Wildman–Crippen MR) is 64.7 cm³/mol. The van der Waals surface area contributed by atoms with E-state index in [1.165, 1.54) is 32.1 Å². The number of allylic oxidation sites excluding steroid dienone is 2. The second-order valence-corrected chi connectivity index (χ2v) is 6.78. The zero-order valence-corrected chi connectivity index (χ0v) is 10.7. The van der Waals surface area contributed by atoms with Gasteiger partial charge in [0.25, 0.3) is 0 Å². The van der Waals surface area contributed by atoms with Crippen LogP contribution in [0.5, 0.6) is 0 Å². The minimum Gasteiger partial charge on any atom is -0.0732 e. The molecule has 0 aromatic rings. The molecule has 2 fully saturated rings. The van der Waals surface area contributed by atoms with E-state index >= 15 is 0 Å². The molecule has 0 N–H and O–H groups in total. The van der Waals surface area contributed by atoms with Crippen molar-refractivity contribution >= 4 is 0 Å².